The fraction of sp³-hybridized carbons (Fsp3) is 0.529. The molecule has 0 spiro atoms. The third-order valence-electron chi connectivity index (χ3n) is 4.60. The first-order valence-electron chi connectivity index (χ1n) is 8.03. The second-order valence-corrected chi connectivity index (χ2v) is 6.19. The zero-order valence-electron chi connectivity index (χ0n) is 13.7. The maximum Gasteiger partial charge on any atom is 0.335 e. The van der Waals surface area contributed by atoms with E-state index >= 15 is 0 Å². The molecular formula is C17H22N2O5. The van der Waals surface area contributed by atoms with Crippen molar-refractivity contribution in [1.29, 1.82) is 0 Å². The number of rotatable bonds is 6. The van der Waals surface area contributed by atoms with Gasteiger partial charge in [-0.3, -0.25) is 9.69 Å². The smallest absolute Gasteiger partial charge is 0.335 e. The van der Waals surface area contributed by atoms with Gasteiger partial charge in [-0.2, -0.15) is 0 Å². The molecule has 0 aliphatic carbocycles. The number of fused-ring (bicyclic) bond motifs is 1. The van der Waals surface area contributed by atoms with Crippen molar-refractivity contribution in [2.45, 2.75) is 18.7 Å². The Hall–Kier alpha value is -1.96. The number of ether oxygens (including phenoxy) is 2. The van der Waals surface area contributed by atoms with Crippen LogP contribution in [0.5, 0.6) is 0 Å². The fourth-order valence-corrected chi connectivity index (χ4v) is 3.36. The molecule has 1 amide bonds. The van der Waals surface area contributed by atoms with Crippen molar-refractivity contribution >= 4 is 11.9 Å². The molecule has 7 nitrogen and oxygen atoms in total. The highest BCUT2D eigenvalue weighted by molar-refractivity contribution is 5.87. The number of carbonyl (C=O) groups is 2. The van der Waals surface area contributed by atoms with Gasteiger partial charge in [0.25, 0.3) is 0 Å². The number of carbonyl (C=O) groups excluding carboxylic acids is 1. The van der Waals surface area contributed by atoms with E-state index in [-0.39, 0.29) is 30.2 Å². The molecule has 2 atom stereocenters. The monoisotopic (exact) mass is 334 g/mol. The maximum atomic E-state index is 12.1. The predicted octanol–water partition coefficient (Wildman–Crippen LogP) is 0.443. The average Bonchev–Trinajstić information content (AvgIpc) is 2.97. The van der Waals surface area contributed by atoms with Crippen LogP contribution < -0.4 is 0 Å². The minimum absolute atomic E-state index is 0.0148. The van der Waals surface area contributed by atoms with Gasteiger partial charge in [0.1, 0.15) is 6.61 Å². The highest BCUT2D eigenvalue weighted by Gasteiger charge is 2.42. The van der Waals surface area contributed by atoms with Crippen LogP contribution in [0, 0.1) is 0 Å². The molecule has 7 heteroatoms. The molecule has 1 aromatic rings. The highest BCUT2D eigenvalue weighted by Crippen LogP contribution is 2.24. The Morgan fingerprint density at radius 1 is 1.33 bits per heavy atom. The Balaban J connectivity index is 1.63. The van der Waals surface area contributed by atoms with Gasteiger partial charge in [0.2, 0.25) is 5.91 Å². The minimum atomic E-state index is -0.922. The van der Waals surface area contributed by atoms with Crippen molar-refractivity contribution in [2.24, 2.45) is 0 Å². The van der Waals surface area contributed by atoms with Crippen LogP contribution in [-0.4, -0.2) is 78.9 Å². The fourth-order valence-electron chi connectivity index (χ4n) is 3.36. The SMILES string of the molecule is COCCN1C(=O)CO[C@H]2CN(Cc3ccc(C(=O)O)cc3)C[C@H]21. The first kappa shape index (κ1) is 16.9. The van der Waals surface area contributed by atoms with E-state index in [9.17, 15) is 9.59 Å². The molecule has 1 aromatic carbocycles. The van der Waals surface area contributed by atoms with Gasteiger partial charge >= 0.3 is 5.97 Å². The van der Waals surface area contributed by atoms with Crippen LogP contribution in [-0.2, 0) is 20.8 Å². The maximum absolute atomic E-state index is 12.1. The van der Waals surface area contributed by atoms with Crippen molar-refractivity contribution in [2.75, 3.05) is 40.0 Å². The summed E-state index contributed by atoms with van der Waals surface area (Å²) in [6, 6.07) is 6.96. The van der Waals surface area contributed by atoms with Crippen LogP contribution >= 0.6 is 0 Å². The van der Waals surface area contributed by atoms with Crippen LogP contribution in [0.15, 0.2) is 24.3 Å². The summed E-state index contributed by atoms with van der Waals surface area (Å²) in [7, 11) is 1.63. The first-order valence-corrected chi connectivity index (χ1v) is 8.03. The predicted molar refractivity (Wildman–Crippen MR) is 85.8 cm³/mol. The normalized spacial score (nSPS) is 24.2. The largest absolute Gasteiger partial charge is 0.478 e. The summed E-state index contributed by atoms with van der Waals surface area (Å²) in [5.74, 6) is -0.907. The van der Waals surface area contributed by atoms with Crippen molar-refractivity contribution in [1.82, 2.24) is 9.80 Å². The Kier molecular flexibility index (Phi) is 5.13. The van der Waals surface area contributed by atoms with Gasteiger partial charge in [-0.25, -0.2) is 4.79 Å². The van der Waals surface area contributed by atoms with Crippen molar-refractivity contribution in [3.8, 4) is 0 Å². The molecule has 2 aliphatic rings. The van der Waals surface area contributed by atoms with Crippen molar-refractivity contribution in [3.63, 3.8) is 0 Å². The number of nitrogens with zero attached hydrogens (tertiary/aromatic N) is 2. The molecule has 2 aliphatic heterocycles. The van der Waals surface area contributed by atoms with E-state index < -0.39 is 5.97 Å². The van der Waals surface area contributed by atoms with Crippen LogP contribution in [0.4, 0.5) is 0 Å². The summed E-state index contributed by atoms with van der Waals surface area (Å²) in [5.41, 5.74) is 1.34. The Morgan fingerprint density at radius 2 is 2.08 bits per heavy atom. The topological polar surface area (TPSA) is 79.3 Å². The Bertz CT molecular complexity index is 604. The zero-order valence-corrected chi connectivity index (χ0v) is 13.7. The van der Waals surface area contributed by atoms with Gasteiger partial charge in [-0.15, -0.1) is 0 Å². The van der Waals surface area contributed by atoms with Gasteiger partial charge in [0.05, 0.1) is 24.3 Å². The number of benzene rings is 1. The molecule has 24 heavy (non-hydrogen) atoms. The van der Waals surface area contributed by atoms with E-state index in [1.807, 2.05) is 17.0 Å². The third-order valence-corrected chi connectivity index (χ3v) is 4.60. The van der Waals surface area contributed by atoms with Crippen LogP contribution in [0.3, 0.4) is 0 Å². The number of hydrogen-bond donors (Lipinski definition) is 1. The molecule has 2 fully saturated rings. The lowest BCUT2D eigenvalue weighted by Gasteiger charge is -2.36. The Labute approximate surface area is 140 Å². The van der Waals surface area contributed by atoms with E-state index in [4.69, 9.17) is 14.6 Å². The third kappa shape index (κ3) is 3.58. The molecular weight excluding hydrogens is 312 g/mol. The number of carboxylic acid groups (broad SMARTS) is 1. The van der Waals surface area contributed by atoms with Gasteiger partial charge in [0.15, 0.2) is 0 Å². The van der Waals surface area contributed by atoms with E-state index in [0.29, 0.717) is 19.7 Å². The lowest BCUT2D eigenvalue weighted by Crippen LogP contribution is -2.54. The molecule has 0 radical (unpaired) electrons. The molecule has 3 rings (SSSR count). The lowest BCUT2D eigenvalue weighted by molar-refractivity contribution is -0.153. The molecule has 0 saturated carbocycles. The van der Waals surface area contributed by atoms with Gasteiger partial charge < -0.3 is 19.5 Å². The van der Waals surface area contributed by atoms with E-state index in [1.165, 1.54) is 0 Å². The quantitative estimate of drug-likeness (QED) is 0.813. The standard InChI is InChI=1S/C17H22N2O5/c1-23-7-6-19-14-9-18(10-15(14)24-11-16(19)20)8-12-2-4-13(5-3-12)17(21)22/h2-5,14-15H,6-11H2,1H3,(H,21,22)/t14-,15+/m1/s1. The molecule has 0 bridgehead atoms. The second-order valence-electron chi connectivity index (χ2n) is 6.19. The molecule has 2 heterocycles. The van der Waals surface area contributed by atoms with Gasteiger partial charge in [-0.1, -0.05) is 12.1 Å². The number of likely N-dealkylation sites (tertiary alicyclic amines) is 1. The summed E-state index contributed by atoms with van der Waals surface area (Å²) in [4.78, 5) is 27.1. The summed E-state index contributed by atoms with van der Waals surface area (Å²) in [6.45, 7) is 3.46. The molecule has 2 saturated heterocycles. The van der Waals surface area contributed by atoms with E-state index in [0.717, 1.165) is 18.7 Å². The number of carboxylic acids is 1. The summed E-state index contributed by atoms with van der Waals surface area (Å²) < 4.78 is 10.8. The van der Waals surface area contributed by atoms with E-state index in [1.54, 1.807) is 19.2 Å². The first-order chi connectivity index (χ1) is 11.6. The van der Waals surface area contributed by atoms with Gasteiger partial charge in [0, 0.05) is 33.3 Å². The minimum Gasteiger partial charge on any atom is -0.478 e. The van der Waals surface area contributed by atoms with Crippen LogP contribution in [0.2, 0.25) is 0 Å². The number of morpholine rings is 1. The lowest BCUT2D eigenvalue weighted by atomic mass is 10.1. The average molecular weight is 334 g/mol. The molecule has 0 aromatic heterocycles. The number of methoxy groups -OCH3 is 1. The highest BCUT2D eigenvalue weighted by atomic mass is 16.5. The van der Waals surface area contributed by atoms with E-state index in [2.05, 4.69) is 4.90 Å². The Morgan fingerprint density at radius 3 is 2.75 bits per heavy atom. The number of aromatic carboxylic acids is 1. The zero-order chi connectivity index (χ0) is 17.1. The van der Waals surface area contributed by atoms with Crippen LogP contribution in [0.25, 0.3) is 0 Å². The van der Waals surface area contributed by atoms with Crippen molar-refractivity contribution < 1.29 is 24.2 Å². The summed E-state index contributed by atoms with van der Waals surface area (Å²) >= 11 is 0. The molecule has 1 N–H and O–H groups in total. The summed E-state index contributed by atoms with van der Waals surface area (Å²) in [6.07, 6.45) is 0.0258. The van der Waals surface area contributed by atoms with Crippen LogP contribution in [0.1, 0.15) is 15.9 Å². The number of amides is 1. The van der Waals surface area contributed by atoms with Gasteiger partial charge in [-0.05, 0) is 17.7 Å². The summed E-state index contributed by atoms with van der Waals surface area (Å²) in [5, 5.41) is 8.95. The number of hydrogen-bond acceptors (Lipinski definition) is 5. The van der Waals surface area contributed by atoms with Crippen molar-refractivity contribution in [3.05, 3.63) is 35.4 Å². The molecule has 130 valence electrons. The second kappa shape index (κ2) is 7.29. The molecule has 0 unspecified atom stereocenters.